The predicted octanol–water partition coefficient (Wildman–Crippen LogP) is 4.01. The first-order chi connectivity index (χ1) is 8.24. The first-order valence-electron chi connectivity index (χ1n) is 5.75. The number of thioether (sulfide) groups is 1. The maximum atomic E-state index is 11.7. The Morgan fingerprint density at radius 3 is 2.82 bits per heavy atom. The van der Waals surface area contributed by atoms with Crippen molar-refractivity contribution >= 4 is 51.6 Å². The van der Waals surface area contributed by atoms with Crippen LogP contribution in [0.25, 0.3) is 0 Å². The molecule has 0 spiro atoms. The number of rotatable bonds is 8. The molecule has 1 amide bonds. The molecule has 0 saturated carbocycles. The molecule has 96 valence electrons. The van der Waals surface area contributed by atoms with Gasteiger partial charge in [0.15, 0.2) is 0 Å². The van der Waals surface area contributed by atoms with E-state index < -0.39 is 0 Å². The van der Waals surface area contributed by atoms with Crippen LogP contribution in [-0.4, -0.2) is 24.5 Å². The molecule has 0 aliphatic carbocycles. The summed E-state index contributed by atoms with van der Waals surface area (Å²) in [6.07, 6.45) is 7.00. The second-order valence-electron chi connectivity index (χ2n) is 3.80. The molecule has 1 aromatic rings. The third-order valence-corrected chi connectivity index (χ3v) is 4.88. The molecule has 1 rings (SSSR count). The average Bonchev–Trinajstić information content (AvgIpc) is 2.74. The van der Waals surface area contributed by atoms with E-state index in [2.05, 4.69) is 34.2 Å². The Bertz CT molecular complexity index is 341. The van der Waals surface area contributed by atoms with Crippen LogP contribution in [0.3, 0.4) is 0 Å². The van der Waals surface area contributed by atoms with Crippen LogP contribution in [0.4, 0.5) is 0 Å². The fourth-order valence-electron chi connectivity index (χ4n) is 1.46. The Morgan fingerprint density at radius 2 is 2.18 bits per heavy atom. The van der Waals surface area contributed by atoms with Gasteiger partial charge in [0.25, 0.3) is 5.91 Å². The highest BCUT2D eigenvalue weighted by Gasteiger charge is 2.06. The van der Waals surface area contributed by atoms with Gasteiger partial charge in [-0.1, -0.05) is 12.8 Å². The number of amides is 1. The summed E-state index contributed by atoms with van der Waals surface area (Å²) in [5.74, 6) is 1.31. The monoisotopic (exact) mass is 383 g/mol. The number of hydrogen-bond donors (Lipinski definition) is 1. The Kier molecular flexibility index (Phi) is 8.30. The zero-order chi connectivity index (χ0) is 12.5. The smallest absolute Gasteiger partial charge is 0.252 e. The molecular weight excluding hydrogens is 365 g/mol. The quantitative estimate of drug-likeness (QED) is 0.543. The van der Waals surface area contributed by atoms with Crippen LogP contribution in [-0.2, 0) is 0 Å². The van der Waals surface area contributed by atoms with Crippen molar-refractivity contribution in [1.82, 2.24) is 5.32 Å². The molecule has 17 heavy (non-hydrogen) atoms. The van der Waals surface area contributed by atoms with E-state index in [1.54, 1.807) is 11.3 Å². The molecule has 2 nitrogen and oxygen atoms in total. The molecule has 0 radical (unpaired) electrons. The lowest BCUT2D eigenvalue weighted by Gasteiger charge is -2.03. The van der Waals surface area contributed by atoms with Gasteiger partial charge in [0.05, 0.1) is 8.45 Å². The molecule has 5 heteroatoms. The molecule has 0 aliphatic heterocycles. The van der Waals surface area contributed by atoms with Crippen LogP contribution in [0.1, 0.15) is 36.0 Å². The van der Waals surface area contributed by atoms with E-state index in [0.29, 0.717) is 0 Å². The van der Waals surface area contributed by atoms with E-state index in [0.717, 1.165) is 21.4 Å². The lowest BCUT2D eigenvalue weighted by Crippen LogP contribution is -2.23. The summed E-state index contributed by atoms with van der Waals surface area (Å²) in [5, 5.41) is 4.87. The predicted molar refractivity (Wildman–Crippen MR) is 86.2 cm³/mol. The van der Waals surface area contributed by atoms with Gasteiger partial charge in [-0.15, -0.1) is 11.3 Å². The minimum Gasteiger partial charge on any atom is -0.352 e. The summed E-state index contributed by atoms with van der Waals surface area (Å²) in [6.45, 7) is 0.796. The molecule has 1 aromatic heterocycles. The van der Waals surface area contributed by atoms with Crippen molar-refractivity contribution in [2.24, 2.45) is 0 Å². The van der Waals surface area contributed by atoms with Crippen LogP contribution in [0.2, 0.25) is 0 Å². The molecule has 1 heterocycles. The molecule has 0 saturated heterocycles. The summed E-state index contributed by atoms with van der Waals surface area (Å²) in [6, 6.07) is 1.93. The van der Waals surface area contributed by atoms with Crippen LogP contribution in [0.5, 0.6) is 0 Å². The van der Waals surface area contributed by atoms with Crippen LogP contribution >= 0.6 is 45.7 Å². The number of carbonyl (C=O) groups excluding carboxylic acids is 1. The molecule has 0 unspecified atom stereocenters. The summed E-state index contributed by atoms with van der Waals surface area (Å²) < 4.78 is 1.16. The standard InChI is InChI=1S/C12H18INOS2/c1-16-7-5-3-2-4-6-14-12(15)10-8-11(13)17-9-10/h8-9H,2-7H2,1H3,(H,14,15). The Labute approximate surface area is 125 Å². The number of nitrogens with one attached hydrogen (secondary N) is 1. The SMILES string of the molecule is CSCCCCCCNC(=O)c1csc(I)c1. The normalized spacial score (nSPS) is 10.5. The van der Waals surface area contributed by atoms with Gasteiger partial charge in [0.1, 0.15) is 0 Å². The first kappa shape index (κ1) is 15.3. The van der Waals surface area contributed by atoms with E-state index in [1.807, 2.05) is 23.2 Å². The van der Waals surface area contributed by atoms with Gasteiger partial charge in [-0.25, -0.2) is 0 Å². The van der Waals surface area contributed by atoms with E-state index >= 15 is 0 Å². The number of thiophene rings is 1. The minimum absolute atomic E-state index is 0.0632. The maximum absolute atomic E-state index is 11.7. The minimum atomic E-state index is 0.0632. The van der Waals surface area contributed by atoms with Crippen molar-refractivity contribution in [3.8, 4) is 0 Å². The average molecular weight is 383 g/mol. The molecule has 0 aliphatic rings. The molecule has 0 atom stereocenters. The molecule has 1 N–H and O–H groups in total. The van der Waals surface area contributed by atoms with E-state index in [1.165, 1.54) is 25.0 Å². The van der Waals surface area contributed by atoms with Gasteiger partial charge < -0.3 is 5.32 Å². The third-order valence-electron chi connectivity index (χ3n) is 2.39. The fourth-order valence-corrected chi connectivity index (χ4v) is 3.28. The van der Waals surface area contributed by atoms with Gasteiger partial charge in [-0.3, -0.25) is 4.79 Å². The van der Waals surface area contributed by atoms with Gasteiger partial charge in [-0.05, 0) is 53.5 Å². The zero-order valence-corrected chi connectivity index (χ0v) is 13.8. The van der Waals surface area contributed by atoms with Crippen LogP contribution in [0, 0.1) is 2.88 Å². The topological polar surface area (TPSA) is 29.1 Å². The lowest BCUT2D eigenvalue weighted by molar-refractivity contribution is 0.0953. The Balaban J connectivity index is 2.05. The number of unbranched alkanes of at least 4 members (excludes halogenated alkanes) is 3. The maximum Gasteiger partial charge on any atom is 0.252 e. The summed E-state index contributed by atoms with van der Waals surface area (Å²) in [4.78, 5) is 11.7. The van der Waals surface area contributed by atoms with Gasteiger partial charge in [0.2, 0.25) is 0 Å². The van der Waals surface area contributed by atoms with Crippen molar-refractivity contribution in [3.63, 3.8) is 0 Å². The number of halogens is 1. The van der Waals surface area contributed by atoms with Crippen molar-refractivity contribution in [2.75, 3.05) is 18.6 Å². The number of carbonyl (C=O) groups is 1. The molecule has 0 fully saturated rings. The summed E-state index contributed by atoms with van der Waals surface area (Å²) in [5.41, 5.74) is 0.793. The van der Waals surface area contributed by atoms with Crippen molar-refractivity contribution < 1.29 is 4.79 Å². The van der Waals surface area contributed by atoms with Gasteiger partial charge in [0, 0.05) is 11.9 Å². The first-order valence-corrected chi connectivity index (χ1v) is 9.10. The van der Waals surface area contributed by atoms with Gasteiger partial charge in [-0.2, -0.15) is 11.8 Å². The van der Waals surface area contributed by atoms with E-state index in [9.17, 15) is 4.79 Å². The molecule has 0 aromatic carbocycles. The van der Waals surface area contributed by atoms with E-state index in [4.69, 9.17) is 0 Å². The number of hydrogen-bond acceptors (Lipinski definition) is 3. The highest BCUT2D eigenvalue weighted by molar-refractivity contribution is 14.1. The second-order valence-corrected chi connectivity index (χ2v) is 7.59. The largest absolute Gasteiger partial charge is 0.352 e. The highest BCUT2D eigenvalue weighted by atomic mass is 127. The fraction of sp³-hybridized carbons (Fsp3) is 0.583. The lowest BCUT2D eigenvalue weighted by atomic mass is 10.2. The third kappa shape index (κ3) is 6.67. The Hall–Kier alpha value is 0.250. The zero-order valence-electron chi connectivity index (χ0n) is 10.0. The Morgan fingerprint density at radius 1 is 1.41 bits per heavy atom. The summed E-state index contributed by atoms with van der Waals surface area (Å²) >= 11 is 5.74. The molecular formula is C12H18INOS2. The van der Waals surface area contributed by atoms with Crippen molar-refractivity contribution in [1.29, 1.82) is 0 Å². The van der Waals surface area contributed by atoms with E-state index in [-0.39, 0.29) is 5.91 Å². The van der Waals surface area contributed by atoms with Gasteiger partial charge >= 0.3 is 0 Å². The highest BCUT2D eigenvalue weighted by Crippen LogP contribution is 2.16. The molecule has 0 bridgehead atoms. The second kappa shape index (κ2) is 9.22. The van der Waals surface area contributed by atoms with Crippen molar-refractivity contribution in [3.05, 3.63) is 19.9 Å². The van der Waals surface area contributed by atoms with Crippen molar-refractivity contribution in [2.45, 2.75) is 25.7 Å². The van der Waals surface area contributed by atoms with Crippen LogP contribution in [0.15, 0.2) is 11.4 Å². The summed E-state index contributed by atoms with van der Waals surface area (Å²) in [7, 11) is 0. The van der Waals surface area contributed by atoms with Crippen LogP contribution < -0.4 is 5.32 Å².